The third kappa shape index (κ3) is 7.61. The Morgan fingerprint density at radius 3 is 2.39 bits per heavy atom. The highest BCUT2D eigenvalue weighted by Gasteiger charge is 2.41. The number of nitrogens with zero attached hydrogens (tertiary/aromatic N) is 1. The van der Waals surface area contributed by atoms with Gasteiger partial charge >= 0.3 is 12.1 Å². The largest absolute Gasteiger partial charge is 0.493 e. The van der Waals surface area contributed by atoms with Crippen LogP contribution in [0.3, 0.4) is 0 Å². The van der Waals surface area contributed by atoms with Crippen molar-refractivity contribution < 1.29 is 33.4 Å². The average molecular weight is 711 g/mol. The van der Waals surface area contributed by atoms with E-state index in [1.807, 2.05) is 45.2 Å². The van der Waals surface area contributed by atoms with Crippen molar-refractivity contribution in [3.63, 3.8) is 0 Å². The molecule has 2 aromatic carbocycles. The predicted molar refractivity (Wildman–Crippen MR) is 195 cm³/mol. The molecule has 0 unspecified atom stereocenters. The molecule has 1 aliphatic heterocycles. The standard InChI is InChI=1S/C39H42N4O7S/c1-6-18-40-35(45)30-13-12-26(32(42-30)36(46)48-5)27-22-31-29(33-23(14-19-49-31)15-20-51-33)21-28(27)34(44)41-25-10-8-24(9-11-25)39(16-7-17-39)43-37(47)50-38(2,3)4/h8-13,15,20-22H,6-7,14,16-19H2,1-5H3,(H,40,45)(H,41,44)(H,43,47). The van der Waals surface area contributed by atoms with Crippen LogP contribution < -0.4 is 20.7 Å². The molecule has 3 amide bonds. The molecule has 1 saturated carbocycles. The van der Waals surface area contributed by atoms with Crippen LogP contribution in [0.4, 0.5) is 10.5 Å². The first-order valence-electron chi connectivity index (χ1n) is 17.1. The molecule has 3 N–H and O–H groups in total. The molecule has 1 aliphatic carbocycles. The third-order valence-corrected chi connectivity index (χ3v) is 9.95. The van der Waals surface area contributed by atoms with Gasteiger partial charge in [-0.1, -0.05) is 19.1 Å². The number of pyridine rings is 1. The van der Waals surface area contributed by atoms with Crippen LogP contribution in [-0.4, -0.2) is 54.7 Å². The summed E-state index contributed by atoms with van der Waals surface area (Å²) in [5.41, 5.74) is 3.14. The van der Waals surface area contributed by atoms with Crippen molar-refractivity contribution in [2.75, 3.05) is 25.6 Å². The number of ether oxygens (including phenoxy) is 3. The summed E-state index contributed by atoms with van der Waals surface area (Å²) in [4.78, 5) is 58.3. The van der Waals surface area contributed by atoms with E-state index in [4.69, 9.17) is 14.2 Å². The number of hydrogen-bond acceptors (Lipinski definition) is 9. The minimum Gasteiger partial charge on any atom is -0.493 e. The molecule has 4 aromatic rings. The highest BCUT2D eigenvalue weighted by atomic mass is 32.1. The van der Waals surface area contributed by atoms with Gasteiger partial charge in [0.1, 0.15) is 17.0 Å². The summed E-state index contributed by atoms with van der Waals surface area (Å²) in [5, 5.41) is 10.9. The van der Waals surface area contributed by atoms with Gasteiger partial charge in [0.05, 0.1) is 19.3 Å². The fourth-order valence-electron chi connectivity index (χ4n) is 6.30. The number of esters is 1. The lowest BCUT2D eigenvalue weighted by Gasteiger charge is -2.43. The van der Waals surface area contributed by atoms with E-state index in [1.165, 1.54) is 13.2 Å². The number of carbonyl (C=O) groups is 4. The molecular formula is C39H42N4O7S. The van der Waals surface area contributed by atoms with Gasteiger partial charge in [0.25, 0.3) is 11.8 Å². The van der Waals surface area contributed by atoms with Crippen LogP contribution in [0.15, 0.2) is 60.0 Å². The van der Waals surface area contributed by atoms with Gasteiger partial charge in [-0.2, -0.15) is 0 Å². The maximum Gasteiger partial charge on any atom is 0.408 e. The third-order valence-electron chi connectivity index (χ3n) is 8.96. The molecule has 0 bridgehead atoms. The van der Waals surface area contributed by atoms with Crippen molar-refractivity contribution in [2.45, 2.75) is 70.9 Å². The molecule has 2 aliphatic rings. The van der Waals surface area contributed by atoms with E-state index in [0.717, 1.165) is 47.3 Å². The number of amides is 3. The summed E-state index contributed by atoms with van der Waals surface area (Å²) in [5.74, 6) is -1.03. The molecule has 11 nitrogen and oxygen atoms in total. The summed E-state index contributed by atoms with van der Waals surface area (Å²) >= 11 is 1.57. The second-order valence-corrected chi connectivity index (χ2v) is 14.6. The lowest BCUT2D eigenvalue weighted by molar-refractivity contribution is 0.0376. The first-order valence-corrected chi connectivity index (χ1v) is 18.0. The molecule has 2 aromatic heterocycles. The molecule has 12 heteroatoms. The van der Waals surface area contributed by atoms with Crippen LogP contribution in [0.25, 0.3) is 21.6 Å². The molecule has 0 radical (unpaired) electrons. The summed E-state index contributed by atoms with van der Waals surface area (Å²) in [7, 11) is 1.24. The summed E-state index contributed by atoms with van der Waals surface area (Å²) in [6.45, 7) is 8.31. The first-order chi connectivity index (χ1) is 24.4. The van der Waals surface area contributed by atoms with Crippen molar-refractivity contribution in [1.82, 2.24) is 15.6 Å². The van der Waals surface area contributed by atoms with E-state index < -0.39 is 35.0 Å². The van der Waals surface area contributed by atoms with E-state index in [1.54, 1.807) is 41.7 Å². The molecular weight excluding hydrogens is 669 g/mol. The van der Waals surface area contributed by atoms with Crippen molar-refractivity contribution in [3.05, 3.63) is 88.1 Å². The zero-order valence-corrected chi connectivity index (χ0v) is 30.3. The molecule has 0 atom stereocenters. The van der Waals surface area contributed by atoms with E-state index in [0.29, 0.717) is 42.1 Å². The Hall–Kier alpha value is -5.23. The normalized spacial score (nSPS) is 14.4. The van der Waals surface area contributed by atoms with Gasteiger partial charge in [0.15, 0.2) is 5.69 Å². The smallest absolute Gasteiger partial charge is 0.408 e. The molecule has 6 rings (SSSR count). The van der Waals surface area contributed by atoms with Crippen molar-refractivity contribution in [2.24, 2.45) is 0 Å². The van der Waals surface area contributed by atoms with Crippen LogP contribution >= 0.6 is 11.3 Å². The van der Waals surface area contributed by atoms with Gasteiger partial charge < -0.3 is 30.2 Å². The number of fused-ring (bicyclic) bond motifs is 3. The number of carbonyl (C=O) groups excluding carboxylic acids is 4. The topological polar surface area (TPSA) is 145 Å². The maximum absolute atomic E-state index is 14.3. The van der Waals surface area contributed by atoms with Crippen molar-refractivity contribution in [3.8, 4) is 27.3 Å². The monoisotopic (exact) mass is 710 g/mol. The molecule has 51 heavy (non-hydrogen) atoms. The number of anilines is 1. The van der Waals surface area contributed by atoms with Gasteiger partial charge in [0, 0.05) is 45.8 Å². The van der Waals surface area contributed by atoms with Crippen molar-refractivity contribution in [1.29, 1.82) is 0 Å². The Labute approximate surface area is 301 Å². The van der Waals surface area contributed by atoms with E-state index in [-0.39, 0.29) is 17.0 Å². The Morgan fingerprint density at radius 2 is 1.73 bits per heavy atom. The summed E-state index contributed by atoms with van der Waals surface area (Å²) < 4.78 is 16.8. The second kappa shape index (κ2) is 14.6. The number of hydrogen-bond donors (Lipinski definition) is 3. The van der Waals surface area contributed by atoms with Crippen LogP contribution in [0.1, 0.15) is 95.8 Å². The zero-order chi connectivity index (χ0) is 36.3. The Morgan fingerprint density at radius 1 is 0.961 bits per heavy atom. The summed E-state index contributed by atoms with van der Waals surface area (Å²) in [6, 6.07) is 16.1. The Bertz CT molecular complexity index is 1980. The zero-order valence-electron chi connectivity index (χ0n) is 29.4. The van der Waals surface area contributed by atoms with Gasteiger partial charge in [-0.3, -0.25) is 9.59 Å². The number of rotatable bonds is 9. The number of aromatic nitrogens is 1. The molecule has 266 valence electrons. The fourth-order valence-corrected chi connectivity index (χ4v) is 7.27. The lowest BCUT2D eigenvalue weighted by atomic mass is 9.72. The second-order valence-electron chi connectivity index (χ2n) is 13.7. The fraction of sp³-hybridized carbons (Fsp3) is 0.359. The van der Waals surface area contributed by atoms with Gasteiger partial charge in [-0.05, 0) is 105 Å². The highest BCUT2D eigenvalue weighted by molar-refractivity contribution is 7.13. The van der Waals surface area contributed by atoms with Gasteiger partial charge in [0.2, 0.25) is 0 Å². The van der Waals surface area contributed by atoms with E-state index in [9.17, 15) is 19.2 Å². The predicted octanol–water partition coefficient (Wildman–Crippen LogP) is 7.49. The number of benzene rings is 2. The van der Waals surface area contributed by atoms with E-state index >= 15 is 0 Å². The quantitative estimate of drug-likeness (QED) is 0.152. The maximum atomic E-state index is 14.3. The lowest BCUT2D eigenvalue weighted by Crippen LogP contribution is -2.52. The number of methoxy groups -OCH3 is 1. The number of nitrogens with one attached hydrogen (secondary N) is 3. The van der Waals surface area contributed by atoms with Crippen LogP contribution in [0.2, 0.25) is 0 Å². The van der Waals surface area contributed by atoms with Crippen LogP contribution in [0.5, 0.6) is 5.75 Å². The Kier molecular flexibility index (Phi) is 10.2. The van der Waals surface area contributed by atoms with E-state index in [2.05, 4.69) is 27.0 Å². The van der Waals surface area contributed by atoms with Crippen LogP contribution in [-0.2, 0) is 21.4 Å². The van der Waals surface area contributed by atoms with Crippen LogP contribution in [0, 0.1) is 0 Å². The number of alkyl carbamates (subject to hydrolysis) is 1. The minimum atomic E-state index is -0.751. The number of thiophene rings is 1. The SMILES string of the molecule is CCCNC(=O)c1ccc(-c2cc3c(cc2C(=O)Nc2ccc(C4(NC(=O)OC(C)(C)C)CCC4)cc2)-c2sccc2CCO3)c(C(=O)OC)n1. The molecule has 1 fully saturated rings. The molecule has 0 spiro atoms. The Balaban J connectivity index is 1.37. The molecule has 3 heterocycles. The minimum absolute atomic E-state index is 0.0540. The van der Waals surface area contributed by atoms with Crippen molar-refractivity contribution >= 4 is 40.9 Å². The van der Waals surface area contributed by atoms with Gasteiger partial charge in [-0.15, -0.1) is 11.3 Å². The highest BCUT2D eigenvalue weighted by Crippen LogP contribution is 2.44. The summed E-state index contributed by atoms with van der Waals surface area (Å²) in [6.07, 6.45) is 3.50. The van der Waals surface area contributed by atoms with Gasteiger partial charge in [-0.25, -0.2) is 14.6 Å². The molecule has 0 saturated heterocycles. The average Bonchev–Trinajstić information content (AvgIpc) is 3.48. The first kappa shape index (κ1) is 35.6.